The van der Waals surface area contributed by atoms with E-state index in [-0.39, 0.29) is 5.97 Å². The van der Waals surface area contributed by atoms with E-state index in [1.807, 2.05) is 45.9 Å². The summed E-state index contributed by atoms with van der Waals surface area (Å²) in [5, 5.41) is 1.59. The minimum absolute atomic E-state index is 0.343. The van der Waals surface area contributed by atoms with Crippen LogP contribution in [0.15, 0.2) is 18.2 Å². The third kappa shape index (κ3) is 4.46. The second-order valence-corrected chi connectivity index (χ2v) is 7.62. The molecule has 0 atom stereocenters. The average Bonchev–Trinajstić information content (AvgIpc) is 2.61. The summed E-state index contributed by atoms with van der Waals surface area (Å²) in [6, 6.07) is 5.90. The zero-order valence-corrected chi connectivity index (χ0v) is 17.4. The molecule has 0 aromatic heterocycles. The van der Waals surface area contributed by atoms with Crippen molar-refractivity contribution in [2.75, 3.05) is 20.8 Å². The second kappa shape index (κ2) is 8.51. The van der Waals surface area contributed by atoms with E-state index < -0.39 is 5.41 Å². The minimum atomic E-state index is -0.647. The molecular formula is C22H30O5. The molecule has 0 saturated heterocycles. The lowest BCUT2D eigenvalue weighted by atomic mass is 9.97. The van der Waals surface area contributed by atoms with Crippen LogP contribution in [0.4, 0.5) is 0 Å². The summed E-state index contributed by atoms with van der Waals surface area (Å²) in [5.41, 5.74) is 0.425. The number of hydrogen-bond donors (Lipinski definition) is 0. The van der Waals surface area contributed by atoms with Crippen molar-refractivity contribution in [1.29, 1.82) is 0 Å². The molecule has 0 aliphatic rings. The van der Waals surface area contributed by atoms with Crippen LogP contribution in [0.3, 0.4) is 0 Å². The number of fused-ring (bicyclic) bond motifs is 1. The van der Waals surface area contributed by atoms with E-state index in [4.69, 9.17) is 18.9 Å². The molecule has 0 radical (unpaired) electrons. The third-order valence-electron chi connectivity index (χ3n) is 4.24. The summed E-state index contributed by atoms with van der Waals surface area (Å²) in [4.78, 5) is 12.6. The Morgan fingerprint density at radius 1 is 0.963 bits per heavy atom. The minimum Gasteiger partial charge on any atom is -0.490 e. The van der Waals surface area contributed by atoms with Gasteiger partial charge in [0.1, 0.15) is 0 Å². The van der Waals surface area contributed by atoms with Crippen LogP contribution in [-0.4, -0.2) is 26.8 Å². The first-order valence-corrected chi connectivity index (χ1v) is 9.28. The summed E-state index contributed by atoms with van der Waals surface area (Å²) < 4.78 is 23.0. The fourth-order valence-electron chi connectivity index (χ4n) is 2.67. The quantitative estimate of drug-likeness (QED) is 0.374. The van der Waals surface area contributed by atoms with Crippen LogP contribution in [0, 0.1) is 12.3 Å². The number of ether oxygens (including phenoxy) is 4. The van der Waals surface area contributed by atoms with Gasteiger partial charge in [0, 0.05) is 10.8 Å². The maximum absolute atomic E-state index is 12.6. The van der Waals surface area contributed by atoms with Gasteiger partial charge in [0.2, 0.25) is 11.5 Å². The van der Waals surface area contributed by atoms with Crippen LogP contribution in [-0.2, 0) is 4.79 Å². The molecule has 0 heterocycles. The molecule has 0 aliphatic heterocycles. The smallest absolute Gasteiger partial charge is 0.316 e. The summed E-state index contributed by atoms with van der Waals surface area (Å²) >= 11 is 0. The molecule has 0 saturated carbocycles. The van der Waals surface area contributed by atoms with Gasteiger partial charge in [-0.05, 0) is 40.2 Å². The Bertz CT molecular complexity index is 818. The lowest BCUT2D eigenvalue weighted by Crippen LogP contribution is -2.26. The first kappa shape index (κ1) is 20.9. The summed E-state index contributed by atoms with van der Waals surface area (Å²) in [6.07, 6.45) is 1.96. The molecule has 0 unspecified atom stereocenters. The van der Waals surface area contributed by atoms with Gasteiger partial charge in [-0.3, -0.25) is 4.79 Å². The number of methoxy groups -OCH3 is 2. The Kier molecular flexibility index (Phi) is 6.58. The Balaban J connectivity index is 2.74. The summed E-state index contributed by atoms with van der Waals surface area (Å²) in [5.74, 6) is 1.41. The maximum atomic E-state index is 12.6. The molecule has 0 N–H and O–H groups in total. The first-order valence-electron chi connectivity index (χ1n) is 9.28. The predicted octanol–water partition coefficient (Wildman–Crippen LogP) is 5.30. The van der Waals surface area contributed by atoms with Gasteiger partial charge in [0.15, 0.2) is 11.5 Å². The van der Waals surface area contributed by atoms with Crippen molar-refractivity contribution in [1.82, 2.24) is 0 Å². The van der Waals surface area contributed by atoms with Crippen molar-refractivity contribution in [3.63, 3.8) is 0 Å². The van der Waals surface area contributed by atoms with Crippen LogP contribution in [0.2, 0.25) is 0 Å². The highest BCUT2D eigenvalue weighted by atomic mass is 16.6. The van der Waals surface area contributed by atoms with Crippen molar-refractivity contribution in [2.24, 2.45) is 5.41 Å². The van der Waals surface area contributed by atoms with Crippen molar-refractivity contribution in [3.8, 4) is 23.0 Å². The number of carbonyl (C=O) groups is 1. The van der Waals surface area contributed by atoms with Gasteiger partial charge >= 0.3 is 5.97 Å². The molecule has 27 heavy (non-hydrogen) atoms. The van der Waals surface area contributed by atoms with Crippen LogP contribution in [0.1, 0.15) is 46.1 Å². The van der Waals surface area contributed by atoms with Crippen molar-refractivity contribution in [3.05, 3.63) is 23.8 Å². The van der Waals surface area contributed by atoms with Gasteiger partial charge in [0.05, 0.1) is 26.2 Å². The van der Waals surface area contributed by atoms with Crippen molar-refractivity contribution < 1.29 is 23.7 Å². The first-order chi connectivity index (χ1) is 12.7. The standard InChI is InChI=1S/C22H30O5/c1-8-9-12-26-17-16-13-14(2)10-11-15(16)18(20(25-7)19(17)24-6)27-21(23)22(3,4)5/h10-11,13H,8-9,12H2,1-7H3. The Morgan fingerprint density at radius 2 is 1.59 bits per heavy atom. The molecule has 0 bridgehead atoms. The van der Waals surface area contributed by atoms with E-state index in [0.717, 1.165) is 29.2 Å². The van der Waals surface area contributed by atoms with Crippen LogP contribution >= 0.6 is 0 Å². The molecule has 0 aliphatic carbocycles. The molecule has 2 rings (SSSR count). The third-order valence-corrected chi connectivity index (χ3v) is 4.24. The van der Waals surface area contributed by atoms with Gasteiger partial charge in [-0.1, -0.05) is 31.0 Å². The lowest BCUT2D eigenvalue weighted by Gasteiger charge is -2.22. The highest BCUT2D eigenvalue weighted by Gasteiger charge is 2.29. The monoisotopic (exact) mass is 374 g/mol. The van der Waals surface area contributed by atoms with Gasteiger partial charge < -0.3 is 18.9 Å². The van der Waals surface area contributed by atoms with Gasteiger partial charge in [-0.15, -0.1) is 0 Å². The molecule has 2 aromatic rings. The fourth-order valence-corrected chi connectivity index (χ4v) is 2.67. The Morgan fingerprint density at radius 3 is 2.15 bits per heavy atom. The van der Waals surface area contributed by atoms with E-state index in [1.54, 1.807) is 7.11 Å². The second-order valence-electron chi connectivity index (χ2n) is 7.62. The van der Waals surface area contributed by atoms with E-state index in [2.05, 4.69) is 6.92 Å². The number of unbranched alkanes of at least 4 members (excludes halogenated alkanes) is 1. The van der Waals surface area contributed by atoms with E-state index in [1.165, 1.54) is 7.11 Å². The van der Waals surface area contributed by atoms with Crippen LogP contribution in [0.5, 0.6) is 23.0 Å². The van der Waals surface area contributed by atoms with E-state index >= 15 is 0 Å². The Labute approximate surface area is 161 Å². The number of aryl methyl sites for hydroxylation is 1. The predicted molar refractivity (Wildman–Crippen MR) is 107 cm³/mol. The van der Waals surface area contributed by atoms with E-state index in [9.17, 15) is 4.79 Å². The number of carbonyl (C=O) groups excluding carboxylic acids is 1. The zero-order chi connectivity index (χ0) is 20.2. The number of hydrogen-bond acceptors (Lipinski definition) is 5. The topological polar surface area (TPSA) is 54.0 Å². The number of benzene rings is 2. The molecule has 0 fully saturated rings. The van der Waals surface area contributed by atoms with Crippen LogP contribution in [0.25, 0.3) is 10.8 Å². The normalized spacial score (nSPS) is 11.4. The molecule has 5 nitrogen and oxygen atoms in total. The van der Waals surface area contributed by atoms with Crippen LogP contribution < -0.4 is 18.9 Å². The van der Waals surface area contributed by atoms with Crippen molar-refractivity contribution >= 4 is 16.7 Å². The highest BCUT2D eigenvalue weighted by Crippen LogP contribution is 2.51. The van der Waals surface area contributed by atoms with Gasteiger partial charge in [-0.2, -0.15) is 0 Å². The molecular weight excluding hydrogens is 344 g/mol. The maximum Gasteiger partial charge on any atom is 0.316 e. The molecule has 2 aromatic carbocycles. The average molecular weight is 374 g/mol. The molecule has 0 amide bonds. The highest BCUT2D eigenvalue weighted by molar-refractivity contribution is 6.00. The molecule has 5 heteroatoms. The Hall–Kier alpha value is -2.43. The summed E-state index contributed by atoms with van der Waals surface area (Å²) in [6.45, 7) is 10.1. The molecule has 0 spiro atoms. The zero-order valence-electron chi connectivity index (χ0n) is 17.4. The number of esters is 1. The van der Waals surface area contributed by atoms with Gasteiger partial charge in [-0.25, -0.2) is 0 Å². The summed E-state index contributed by atoms with van der Waals surface area (Å²) in [7, 11) is 3.09. The SMILES string of the molecule is CCCCOc1c(OC)c(OC)c(OC(=O)C(C)(C)C)c2ccc(C)cc12. The lowest BCUT2D eigenvalue weighted by molar-refractivity contribution is -0.143. The van der Waals surface area contributed by atoms with Gasteiger partial charge in [0.25, 0.3) is 0 Å². The molecule has 148 valence electrons. The van der Waals surface area contributed by atoms with E-state index in [0.29, 0.717) is 29.6 Å². The largest absolute Gasteiger partial charge is 0.490 e. The number of rotatable bonds is 7. The van der Waals surface area contributed by atoms with Crippen molar-refractivity contribution in [2.45, 2.75) is 47.5 Å². The fraction of sp³-hybridized carbons (Fsp3) is 0.500.